The van der Waals surface area contributed by atoms with E-state index in [4.69, 9.17) is 5.14 Å². The van der Waals surface area contributed by atoms with E-state index in [0.29, 0.717) is 17.4 Å². The normalized spacial score (nSPS) is 11.4. The van der Waals surface area contributed by atoms with Gasteiger partial charge in [0.1, 0.15) is 0 Å². The van der Waals surface area contributed by atoms with Crippen molar-refractivity contribution in [1.29, 1.82) is 0 Å². The fraction of sp³-hybridized carbons (Fsp3) is 0.0500. The lowest BCUT2D eigenvalue weighted by molar-refractivity contribution is 0.102. The first kappa shape index (κ1) is 20.3. The van der Waals surface area contributed by atoms with Crippen molar-refractivity contribution >= 4 is 32.5 Å². The van der Waals surface area contributed by atoms with Crippen LogP contribution in [0.4, 0.5) is 5.69 Å². The highest BCUT2D eigenvalue weighted by molar-refractivity contribution is 7.89. The number of primary sulfonamides is 1. The van der Waals surface area contributed by atoms with Crippen molar-refractivity contribution in [3.05, 3.63) is 88.9 Å². The third kappa shape index (κ3) is 4.47. The molecule has 11 heteroatoms. The molecule has 0 aliphatic rings. The largest absolute Gasteiger partial charge is 0.321 e. The third-order valence-corrected chi connectivity index (χ3v) is 5.30. The van der Waals surface area contributed by atoms with Crippen LogP contribution in [0, 0.1) is 0 Å². The lowest BCUT2D eigenvalue weighted by Crippen LogP contribution is -2.22. The molecule has 3 N–H and O–H groups in total. The number of nitrogens with one attached hydrogen (secondary N) is 1. The van der Waals surface area contributed by atoms with Gasteiger partial charge in [0.25, 0.3) is 21.5 Å². The van der Waals surface area contributed by atoms with Crippen LogP contribution in [0.1, 0.15) is 15.9 Å². The molecule has 1 amide bonds. The lowest BCUT2D eigenvalue weighted by Gasteiger charge is -2.09. The molecule has 156 valence electrons. The zero-order valence-corrected chi connectivity index (χ0v) is 16.8. The zero-order chi connectivity index (χ0) is 22.0. The van der Waals surface area contributed by atoms with Gasteiger partial charge < -0.3 is 5.32 Å². The van der Waals surface area contributed by atoms with Crippen molar-refractivity contribution in [1.82, 2.24) is 19.5 Å². The van der Waals surface area contributed by atoms with Crippen molar-refractivity contribution in [3.8, 4) is 0 Å². The minimum atomic E-state index is -3.93. The molecule has 0 saturated carbocycles. The number of hydrogen-bond donors (Lipinski definition) is 2. The maximum absolute atomic E-state index is 12.9. The Labute approximate surface area is 176 Å². The summed E-state index contributed by atoms with van der Waals surface area (Å²) < 4.78 is 24.0. The highest BCUT2D eigenvalue weighted by atomic mass is 32.2. The molecule has 0 radical (unpaired) electrons. The van der Waals surface area contributed by atoms with E-state index in [9.17, 15) is 18.0 Å². The minimum absolute atomic E-state index is 0.239. The number of sulfonamides is 1. The highest BCUT2D eigenvalue weighted by Crippen LogP contribution is 2.14. The summed E-state index contributed by atoms with van der Waals surface area (Å²) in [6.45, 7) is 0.322. The number of carbonyl (C=O) groups excluding carboxylic acids is 1. The van der Waals surface area contributed by atoms with Gasteiger partial charge in [0.15, 0.2) is 5.03 Å². The monoisotopic (exact) mass is 436 g/mol. The smallest absolute Gasteiger partial charge is 0.261 e. The minimum Gasteiger partial charge on any atom is -0.321 e. The summed E-state index contributed by atoms with van der Waals surface area (Å²) in [5, 5.41) is 7.60. The first-order valence-corrected chi connectivity index (χ1v) is 10.5. The number of nitrogens with zero attached hydrogens (tertiary/aromatic N) is 4. The molecule has 31 heavy (non-hydrogen) atoms. The number of benzene rings is 1. The van der Waals surface area contributed by atoms with Gasteiger partial charge in [0.2, 0.25) is 0 Å². The van der Waals surface area contributed by atoms with Gasteiger partial charge in [-0.25, -0.2) is 23.5 Å². The van der Waals surface area contributed by atoms with Gasteiger partial charge in [-0.05, 0) is 48.0 Å². The molecule has 0 aliphatic heterocycles. The molecule has 3 heterocycles. The Kier molecular flexibility index (Phi) is 5.28. The Morgan fingerprint density at radius 2 is 1.84 bits per heavy atom. The predicted octanol–water partition coefficient (Wildman–Crippen LogP) is 1.13. The Hall–Kier alpha value is -3.96. The molecule has 0 bridgehead atoms. The van der Waals surface area contributed by atoms with Gasteiger partial charge in [-0.2, -0.15) is 0 Å². The molecule has 0 fully saturated rings. The molecule has 3 aromatic heterocycles. The Morgan fingerprint density at radius 1 is 1.06 bits per heavy atom. The van der Waals surface area contributed by atoms with Crippen LogP contribution in [0.2, 0.25) is 0 Å². The van der Waals surface area contributed by atoms with E-state index >= 15 is 0 Å². The molecule has 1 aromatic carbocycles. The second kappa shape index (κ2) is 8.05. The number of pyridine rings is 2. The third-order valence-electron chi connectivity index (χ3n) is 4.47. The maximum Gasteiger partial charge on any atom is 0.261 e. The standard InChI is InChI=1S/C20H16N6O4S/c21-31(29,30)18-4-2-15(10-23-18)25-19(27)14-1-3-17-16(9-14)20(28)26(12-24-17)11-13-5-7-22-8-6-13/h1-10,12H,11H2,(H,25,27)(H2,21,29,30). The van der Waals surface area contributed by atoms with Gasteiger partial charge >= 0.3 is 0 Å². The Morgan fingerprint density at radius 3 is 2.52 bits per heavy atom. The second-order valence-electron chi connectivity index (χ2n) is 6.65. The lowest BCUT2D eigenvalue weighted by atomic mass is 10.1. The summed E-state index contributed by atoms with van der Waals surface area (Å²) in [7, 11) is -3.93. The summed E-state index contributed by atoms with van der Waals surface area (Å²) >= 11 is 0. The number of carbonyl (C=O) groups is 1. The number of anilines is 1. The van der Waals surface area contributed by atoms with Crippen LogP contribution >= 0.6 is 0 Å². The van der Waals surface area contributed by atoms with Crippen LogP contribution in [0.15, 0.2) is 77.2 Å². The van der Waals surface area contributed by atoms with Gasteiger partial charge in [0.05, 0.1) is 35.7 Å². The van der Waals surface area contributed by atoms with Crippen LogP contribution < -0.4 is 16.0 Å². The van der Waals surface area contributed by atoms with E-state index in [1.54, 1.807) is 36.7 Å². The van der Waals surface area contributed by atoms with Crippen molar-refractivity contribution in [2.75, 3.05) is 5.32 Å². The van der Waals surface area contributed by atoms with E-state index in [1.807, 2.05) is 0 Å². The zero-order valence-electron chi connectivity index (χ0n) is 16.0. The van der Waals surface area contributed by atoms with E-state index in [1.165, 1.54) is 35.3 Å². The van der Waals surface area contributed by atoms with Crippen molar-refractivity contribution in [2.45, 2.75) is 11.6 Å². The van der Waals surface area contributed by atoms with Crippen LogP contribution in [-0.4, -0.2) is 33.8 Å². The average Bonchev–Trinajstić information content (AvgIpc) is 2.76. The second-order valence-corrected chi connectivity index (χ2v) is 8.16. The van der Waals surface area contributed by atoms with E-state index in [2.05, 4.69) is 20.3 Å². The molecule has 0 aliphatic carbocycles. The maximum atomic E-state index is 12.9. The molecule has 4 aromatic rings. The average molecular weight is 436 g/mol. The van der Waals surface area contributed by atoms with E-state index in [0.717, 1.165) is 5.56 Å². The van der Waals surface area contributed by atoms with Crippen molar-refractivity contribution in [2.24, 2.45) is 5.14 Å². The number of nitrogens with two attached hydrogens (primary N) is 1. The molecule has 4 rings (SSSR count). The molecular formula is C20H16N6O4S. The molecule has 10 nitrogen and oxygen atoms in total. The summed E-state index contributed by atoms with van der Waals surface area (Å²) in [6, 6.07) is 10.8. The molecule has 0 atom stereocenters. The number of amides is 1. The van der Waals surface area contributed by atoms with Crippen LogP contribution in [0.5, 0.6) is 0 Å². The van der Waals surface area contributed by atoms with E-state index in [-0.39, 0.29) is 21.8 Å². The number of aromatic nitrogens is 4. The van der Waals surface area contributed by atoms with E-state index < -0.39 is 15.9 Å². The molecular weight excluding hydrogens is 420 g/mol. The van der Waals surface area contributed by atoms with Gasteiger partial charge in [0, 0.05) is 18.0 Å². The summed E-state index contributed by atoms with van der Waals surface area (Å²) in [6.07, 6.45) is 5.93. The molecule has 0 saturated heterocycles. The van der Waals surface area contributed by atoms with Crippen LogP contribution in [0.3, 0.4) is 0 Å². The first-order chi connectivity index (χ1) is 14.8. The SMILES string of the molecule is NS(=O)(=O)c1ccc(NC(=O)c2ccc3ncn(Cc4ccncc4)c(=O)c3c2)cn1. The van der Waals surface area contributed by atoms with Gasteiger partial charge in [-0.3, -0.25) is 19.1 Å². The highest BCUT2D eigenvalue weighted by Gasteiger charge is 2.13. The fourth-order valence-electron chi connectivity index (χ4n) is 2.92. The number of fused-ring (bicyclic) bond motifs is 1. The van der Waals surface area contributed by atoms with Gasteiger partial charge in [-0.1, -0.05) is 0 Å². The summed E-state index contributed by atoms with van der Waals surface area (Å²) in [5.74, 6) is -0.490. The van der Waals surface area contributed by atoms with Crippen LogP contribution in [-0.2, 0) is 16.6 Å². The molecule has 0 spiro atoms. The predicted molar refractivity (Wildman–Crippen MR) is 113 cm³/mol. The van der Waals surface area contributed by atoms with Crippen molar-refractivity contribution in [3.63, 3.8) is 0 Å². The van der Waals surface area contributed by atoms with Crippen LogP contribution in [0.25, 0.3) is 10.9 Å². The number of rotatable bonds is 5. The Balaban J connectivity index is 1.61. The topological polar surface area (TPSA) is 150 Å². The molecule has 0 unspecified atom stereocenters. The quantitative estimate of drug-likeness (QED) is 0.476. The summed E-state index contributed by atoms with van der Waals surface area (Å²) in [5.41, 5.74) is 1.59. The Bertz CT molecular complexity index is 1430. The summed E-state index contributed by atoms with van der Waals surface area (Å²) in [4.78, 5) is 37.5. The fourth-order valence-corrected chi connectivity index (χ4v) is 3.38. The number of hydrogen-bond acceptors (Lipinski definition) is 7. The first-order valence-electron chi connectivity index (χ1n) is 8.99. The van der Waals surface area contributed by atoms with Crippen molar-refractivity contribution < 1.29 is 13.2 Å². The van der Waals surface area contributed by atoms with Gasteiger partial charge in [-0.15, -0.1) is 0 Å².